The average Bonchev–Trinajstić information content (AvgIpc) is 2.77. The Morgan fingerprint density at radius 2 is 2.21 bits per heavy atom. The smallest absolute Gasteiger partial charge is 0.0931 e. The van der Waals surface area contributed by atoms with Crippen LogP contribution in [0.15, 0.2) is 12.1 Å². The Morgan fingerprint density at radius 1 is 1.43 bits per heavy atom. The standard InChI is InChI=1S/C10H14ClNOS/c11-10-6-5-9(14-10)7-12-13-8-3-1-2-4-8/h5-6,8,12H,1-4,7H2. The largest absolute Gasteiger partial charge is 0.298 e. The highest BCUT2D eigenvalue weighted by Crippen LogP contribution is 2.22. The van der Waals surface area contributed by atoms with E-state index in [0.717, 1.165) is 10.9 Å². The van der Waals surface area contributed by atoms with E-state index < -0.39 is 0 Å². The van der Waals surface area contributed by atoms with Gasteiger partial charge in [0.05, 0.1) is 17.0 Å². The zero-order valence-electron chi connectivity index (χ0n) is 7.96. The Hall–Kier alpha value is -0.0900. The summed E-state index contributed by atoms with van der Waals surface area (Å²) in [6, 6.07) is 3.94. The van der Waals surface area contributed by atoms with Crippen LogP contribution in [0.5, 0.6) is 0 Å². The molecule has 78 valence electrons. The molecule has 1 aromatic rings. The maximum Gasteiger partial charge on any atom is 0.0931 e. The first-order chi connectivity index (χ1) is 6.84. The predicted molar refractivity (Wildman–Crippen MR) is 59.5 cm³/mol. The molecule has 14 heavy (non-hydrogen) atoms. The zero-order valence-corrected chi connectivity index (χ0v) is 9.53. The Morgan fingerprint density at radius 3 is 2.86 bits per heavy atom. The highest BCUT2D eigenvalue weighted by atomic mass is 35.5. The fourth-order valence-electron chi connectivity index (χ4n) is 1.68. The Bertz CT molecular complexity index is 283. The number of nitrogens with one attached hydrogen (secondary N) is 1. The molecule has 0 atom stereocenters. The van der Waals surface area contributed by atoms with Crippen molar-refractivity contribution in [3.63, 3.8) is 0 Å². The van der Waals surface area contributed by atoms with Crippen LogP contribution in [0.4, 0.5) is 0 Å². The summed E-state index contributed by atoms with van der Waals surface area (Å²) >= 11 is 7.41. The Balaban J connectivity index is 1.67. The van der Waals surface area contributed by atoms with Gasteiger partial charge in [-0.2, -0.15) is 5.48 Å². The van der Waals surface area contributed by atoms with Gasteiger partial charge in [-0.05, 0) is 25.0 Å². The molecular formula is C10H14ClNOS. The van der Waals surface area contributed by atoms with E-state index in [1.54, 1.807) is 11.3 Å². The lowest BCUT2D eigenvalue weighted by Crippen LogP contribution is -2.20. The number of hydroxylamine groups is 1. The van der Waals surface area contributed by atoms with Crippen LogP contribution in [0.25, 0.3) is 0 Å². The van der Waals surface area contributed by atoms with E-state index in [-0.39, 0.29) is 0 Å². The highest BCUT2D eigenvalue weighted by Gasteiger charge is 2.15. The molecule has 0 aromatic carbocycles. The van der Waals surface area contributed by atoms with Crippen LogP contribution in [0.3, 0.4) is 0 Å². The molecule has 1 fully saturated rings. The van der Waals surface area contributed by atoms with Gasteiger partial charge in [0, 0.05) is 4.88 Å². The molecule has 0 aliphatic heterocycles. The van der Waals surface area contributed by atoms with E-state index in [1.165, 1.54) is 30.6 Å². The molecule has 0 radical (unpaired) electrons. The van der Waals surface area contributed by atoms with Gasteiger partial charge < -0.3 is 0 Å². The summed E-state index contributed by atoms with van der Waals surface area (Å²) in [6.45, 7) is 0.758. The number of rotatable bonds is 4. The van der Waals surface area contributed by atoms with Crippen LogP contribution >= 0.6 is 22.9 Å². The van der Waals surface area contributed by atoms with Crippen molar-refractivity contribution in [1.82, 2.24) is 5.48 Å². The van der Waals surface area contributed by atoms with E-state index in [4.69, 9.17) is 16.4 Å². The van der Waals surface area contributed by atoms with Gasteiger partial charge in [0.1, 0.15) is 0 Å². The molecule has 0 bridgehead atoms. The van der Waals surface area contributed by atoms with Crippen molar-refractivity contribution in [2.45, 2.75) is 38.3 Å². The van der Waals surface area contributed by atoms with Gasteiger partial charge >= 0.3 is 0 Å². The average molecular weight is 232 g/mol. The summed E-state index contributed by atoms with van der Waals surface area (Å²) in [7, 11) is 0. The number of halogens is 1. The molecule has 1 saturated carbocycles. The molecule has 0 amide bonds. The molecule has 0 saturated heterocycles. The second-order valence-corrected chi connectivity index (χ2v) is 5.35. The van der Waals surface area contributed by atoms with E-state index >= 15 is 0 Å². The molecule has 1 N–H and O–H groups in total. The minimum Gasteiger partial charge on any atom is -0.298 e. The summed E-state index contributed by atoms with van der Waals surface area (Å²) in [5.74, 6) is 0. The maximum atomic E-state index is 5.82. The molecule has 1 aliphatic rings. The lowest BCUT2D eigenvalue weighted by molar-refractivity contribution is -0.0239. The molecule has 1 aromatic heterocycles. The topological polar surface area (TPSA) is 21.3 Å². The molecular weight excluding hydrogens is 218 g/mol. The van der Waals surface area contributed by atoms with Crippen molar-refractivity contribution in [1.29, 1.82) is 0 Å². The van der Waals surface area contributed by atoms with E-state index in [2.05, 4.69) is 5.48 Å². The fourth-order valence-corrected chi connectivity index (χ4v) is 2.70. The van der Waals surface area contributed by atoms with Crippen LogP contribution in [-0.2, 0) is 11.4 Å². The molecule has 1 aliphatic carbocycles. The summed E-state index contributed by atoms with van der Waals surface area (Å²) < 4.78 is 0.836. The SMILES string of the molecule is Clc1ccc(CNOC2CCCC2)s1. The van der Waals surface area contributed by atoms with Crippen molar-refractivity contribution in [2.24, 2.45) is 0 Å². The second-order valence-electron chi connectivity index (χ2n) is 3.55. The minimum atomic E-state index is 0.422. The monoisotopic (exact) mass is 231 g/mol. The molecule has 0 unspecified atom stereocenters. The van der Waals surface area contributed by atoms with E-state index in [0.29, 0.717) is 6.10 Å². The lowest BCUT2D eigenvalue weighted by Gasteiger charge is -2.10. The van der Waals surface area contributed by atoms with Crippen molar-refractivity contribution in [3.8, 4) is 0 Å². The van der Waals surface area contributed by atoms with Crippen LogP contribution in [0.2, 0.25) is 4.34 Å². The van der Waals surface area contributed by atoms with Crippen LogP contribution in [0, 0.1) is 0 Å². The van der Waals surface area contributed by atoms with Gasteiger partial charge in [0.25, 0.3) is 0 Å². The first-order valence-corrected chi connectivity index (χ1v) is 6.17. The Labute approximate surface area is 93.2 Å². The summed E-state index contributed by atoms with van der Waals surface area (Å²) in [4.78, 5) is 6.75. The van der Waals surface area contributed by atoms with Crippen LogP contribution < -0.4 is 5.48 Å². The minimum absolute atomic E-state index is 0.422. The van der Waals surface area contributed by atoms with Crippen LogP contribution in [-0.4, -0.2) is 6.10 Å². The summed E-state index contributed by atoms with van der Waals surface area (Å²) in [5, 5.41) is 0. The van der Waals surface area contributed by atoms with Gasteiger partial charge in [-0.25, -0.2) is 0 Å². The molecule has 2 rings (SSSR count). The van der Waals surface area contributed by atoms with Gasteiger partial charge in [0.2, 0.25) is 0 Å². The van der Waals surface area contributed by atoms with Gasteiger partial charge in [-0.15, -0.1) is 11.3 Å². The molecule has 1 heterocycles. The van der Waals surface area contributed by atoms with Crippen molar-refractivity contribution in [3.05, 3.63) is 21.3 Å². The lowest BCUT2D eigenvalue weighted by atomic mass is 10.3. The third-order valence-corrected chi connectivity index (χ3v) is 3.66. The fraction of sp³-hybridized carbons (Fsp3) is 0.600. The van der Waals surface area contributed by atoms with E-state index in [1.807, 2.05) is 12.1 Å². The van der Waals surface area contributed by atoms with Gasteiger partial charge in [0.15, 0.2) is 0 Å². The quantitative estimate of drug-likeness (QED) is 0.803. The zero-order chi connectivity index (χ0) is 9.80. The molecule has 4 heteroatoms. The number of thiophene rings is 1. The molecule has 0 spiro atoms. The van der Waals surface area contributed by atoms with E-state index in [9.17, 15) is 0 Å². The first kappa shape index (κ1) is 10.4. The van der Waals surface area contributed by atoms with Crippen molar-refractivity contribution < 1.29 is 4.84 Å². The molecule has 2 nitrogen and oxygen atoms in total. The maximum absolute atomic E-state index is 5.82. The van der Waals surface area contributed by atoms with Crippen LogP contribution in [0.1, 0.15) is 30.6 Å². The van der Waals surface area contributed by atoms with Crippen molar-refractivity contribution in [2.75, 3.05) is 0 Å². The van der Waals surface area contributed by atoms with Gasteiger partial charge in [-0.3, -0.25) is 4.84 Å². The Kier molecular flexibility index (Phi) is 3.81. The summed E-state index contributed by atoms with van der Waals surface area (Å²) in [6.07, 6.45) is 5.41. The third-order valence-electron chi connectivity index (χ3n) is 2.43. The highest BCUT2D eigenvalue weighted by molar-refractivity contribution is 7.16. The third kappa shape index (κ3) is 2.95. The summed E-state index contributed by atoms with van der Waals surface area (Å²) in [5.41, 5.74) is 3.01. The van der Waals surface area contributed by atoms with Gasteiger partial charge in [-0.1, -0.05) is 24.4 Å². The van der Waals surface area contributed by atoms with Crippen molar-refractivity contribution >= 4 is 22.9 Å². The second kappa shape index (κ2) is 5.12. The normalized spacial score (nSPS) is 17.8. The first-order valence-electron chi connectivity index (χ1n) is 4.97. The number of hydrogen-bond donors (Lipinski definition) is 1. The predicted octanol–water partition coefficient (Wildman–Crippen LogP) is 3.37. The number of hydrogen-bond acceptors (Lipinski definition) is 3.